The Hall–Kier alpha value is -3.32. The van der Waals surface area contributed by atoms with Crippen LogP contribution >= 0.6 is 11.8 Å². The normalized spacial score (nSPS) is 19.5. The van der Waals surface area contributed by atoms with Gasteiger partial charge in [0.05, 0.1) is 25.2 Å². The number of carbonyl (C=O) groups is 2. The van der Waals surface area contributed by atoms with E-state index in [-0.39, 0.29) is 37.6 Å². The average Bonchev–Trinajstić information content (AvgIpc) is 3.34. The van der Waals surface area contributed by atoms with E-state index in [2.05, 4.69) is 20.8 Å². The van der Waals surface area contributed by atoms with Gasteiger partial charge in [-0.25, -0.2) is 4.68 Å². The van der Waals surface area contributed by atoms with Crippen LogP contribution in [0.4, 0.5) is 0 Å². The van der Waals surface area contributed by atoms with E-state index in [1.54, 1.807) is 11.7 Å². The highest BCUT2D eigenvalue weighted by atomic mass is 32.2. The predicted octanol–water partition coefficient (Wildman–Crippen LogP) is 2.52. The molecule has 0 spiro atoms. The Kier molecular flexibility index (Phi) is 9.23. The van der Waals surface area contributed by atoms with Crippen molar-refractivity contribution in [3.05, 3.63) is 70.8 Å². The number of aliphatic hydroxyl groups is 1. The molecule has 12 heteroatoms. The average molecular weight is 528 g/mol. The van der Waals surface area contributed by atoms with Crippen molar-refractivity contribution in [2.45, 2.75) is 56.1 Å². The highest BCUT2D eigenvalue weighted by Crippen LogP contribution is 2.39. The fourth-order valence-corrected chi connectivity index (χ4v) is 4.70. The number of aryl methyl sites for hydroxylation is 1. The molecule has 0 saturated carbocycles. The standard InChI is InChI=1S/C25H29N5O6S/c1-30-25(27-28-29-30)37-15-20-12-21(18-6-4-17(14-31)5-7-18)36-24(35-20)19-8-2-16(3-9-19)13-26-22(32)10-11-23(33)34/h2-9,20-21,24,31H,10-15H2,1H3,(H,26,32)(H,33,34)/t20-,21+,24+/m1/s1. The fraction of sp³-hybridized carbons (Fsp3) is 0.400. The number of aliphatic carboxylic acids is 1. The Morgan fingerprint density at radius 1 is 1.05 bits per heavy atom. The number of aromatic nitrogens is 4. The first-order valence-corrected chi connectivity index (χ1v) is 12.8. The second-order valence-electron chi connectivity index (χ2n) is 8.66. The molecule has 0 unspecified atom stereocenters. The summed E-state index contributed by atoms with van der Waals surface area (Å²) in [5, 5.41) is 33.1. The summed E-state index contributed by atoms with van der Waals surface area (Å²) in [6, 6.07) is 15.3. The van der Waals surface area contributed by atoms with Crippen LogP contribution in [-0.2, 0) is 39.3 Å². The molecule has 1 fully saturated rings. The minimum atomic E-state index is -1.00. The molecule has 1 aliphatic heterocycles. The molecule has 4 rings (SSSR count). The van der Waals surface area contributed by atoms with Crippen LogP contribution in [0.1, 0.15) is 53.9 Å². The molecule has 1 saturated heterocycles. The zero-order valence-electron chi connectivity index (χ0n) is 20.3. The van der Waals surface area contributed by atoms with Crippen LogP contribution in [0, 0.1) is 0 Å². The molecule has 1 aliphatic rings. The molecular weight excluding hydrogens is 498 g/mol. The number of benzene rings is 2. The number of thioether (sulfide) groups is 1. The summed E-state index contributed by atoms with van der Waals surface area (Å²) < 4.78 is 14.3. The van der Waals surface area contributed by atoms with E-state index in [9.17, 15) is 14.7 Å². The van der Waals surface area contributed by atoms with E-state index in [1.807, 2.05) is 48.5 Å². The van der Waals surface area contributed by atoms with Crippen molar-refractivity contribution in [2.24, 2.45) is 7.05 Å². The van der Waals surface area contributed by atoms with Crippen LogP contribution < -0.4 is 5.32 Å². The maximum atomic E-state index is 11.8. The van der Waals surface area contributed by atoms with Crippen LogP contribution in [0.3, 0.4) is 0 Å². The van der Waals surface area contributed by atoms with Crippen LogP contribution in [0.25, 0.3) is 0 Å². The van der Waals surface area contributed by atoms with Crippen LogP contribution in [0.2, 0.25) is 0 Å². The molecular formula is C25H29N5O6S. The summed E-state index contributed by atoms with van der Waals surface area (Å²) in [7, 11) is 1.79. The second-order valence-corrected chi connectivity index (χ2v) is 9.65. The number of rotatable bonds is 11. The van der Waals surface area contributed by atoms with Gasteiger partial charge in [-0.1, -0.05) is 60.3 Å². The lowest BCUT2D eigenvalue weighted by Gasteiger charge is -2.36. The van der Waals surface area contributed by atoms with Gasteiger partial charge in [0.2, 0.25) is 11.1 Å². The van der Waals surface area contributed by atoms with E-state index >= 15 is 0 Å². The number of amides is 1. The van der Waals surface area contributed by atoms with Gasteiger partial charge in [0.15, 0.2) is 6.29 Å². The van der Waals surface area contributed by atoms with Gasteiger partial charge in [-0.2, -0.15) is 0 Å². The third-order valence-corrected chi connectivity index (χ3v) is 7.04. The maximum absolute atomic E-state index is 11.8. The van der Waals surface area contributed by atoms with E-state index in [0.29, 0.717) is 23.9 Å². The summed E-state index contributed by atoms with van der Waals surface area (Å²) in [5.41, 5.74) is 3.55. The molecule has 3 atom stereocenters. The Morgan fingerprint density at radius 3 is 2.41 bits per heavy atom. The lowest BCUT2D eigenvalue weighted by molar-refractivity contribution is -0.245. The number of carboxylic acid groups (broad SMARTS) is 1. The Morgan fingerprint density at radius 2 is 1.76 bits per heavy atom. The number of hydrogen-bond acceptors (Lipinski definition) is 9. The van der Waals surface area contributed by atoms with Gasteiger partial charge in [0, 0.05) is 37.8 Å². The fourth-order valence-electron chi connectivity index (χ4n) is 3.84. The first kappa shape index (κ1) is 26.7. The molecule has 0 aliphatic carbocycles. The highest BCUT2D eigenvalue weighted by molar-refractivity contribution is 7.99. The zero-order chi connectivity index (χ0) is 26.2. The molecule has 37 heavy (non-hydrogen) atoms. The molecule has 196 valence electrons. The summed E-state index contributed by atoms with van der Waals surface area (Å²) in [4.78, 5) is 22.4. The predicted molar refractivity (Wildman–Crippen MR) is 133 cm³/mol. The summed E-state index contributed by atoms with van der Waals surface area (Å²) in [6.45, 7) is 0.283. The third-order valence-electron chi connectivity index (χ3n) is 5.90. The second kappa shape index (κ2) is 12.8. The Bertz CT molecular complexity index is 1190. The minimum Gasteiger partial charge on any atom is -0.481 e. The minimum absolute atomic E-state index is 0.0189. The van der Waals surface area contributed by atoms with Crippen molar-refractivity contribution < 1.29 is 29.3 Å². The molecule has 2 heterocycles. The van der Waals surface area contributed by atoms with Gasteiger partial charge in [-0.15, -0.1) is 5.10 Å². The largest absolute Gasteiger partial charge is 0.481 e. The highest BCUT2D eigenvalue weighted by Gasteiger charge is 2.32. The van der Waals surface area contributed by atoms with Gasteiger partial charge in [0.1, 0.15) is 0 Å². The monoisotopic (exact) mass is 527 g/mol. The van der Waals surface area contributed by atoms with Crippen LogP contribution in [-0.4, -0.2) is 54.2 Å². The van der Waals surface area contributed by atoms with Crippen molar-refractivity contribution >= 4 is 23.6 Å². The summed E-state index contributed by atoms with van der Waals surface area (Å²) >= 11 is 1.51. The van der Waals surface area contributed by atoms with Crippen LogP contribution in [0.5, 0.6) is 0 Å². The van der Waals surface area contributed by atoms with Crippen molar-refractivity contribution in [3.8, 4) is 0 Å². The molecule has 0 radical (unpaired) electrons. The molecule has 2 aromatic carbocycles. The molecule has 3 aromatic rings. The topological polar surface area (TPSA) is 149 Å². The number of tetrazole rings is 1. The van der Waals surface area contributed by atoms with Crippen LogP contribution in [0.15, 0.2) is 53.7 Å². The van der Waals surface area contributed by atoms with Crippen molar-refractivity contribution in [1.82, 2.24) is 25.5 Å². The van der Waals surface area contributed by atoms with Gasteiger partial charge in [0.25, 0.3) is 0 Å². The number of ether oxygens (including phenoxy) is 2. The quantitative estimate of drug-likeness (QED) is 0.318. The van der Waals surface area contributed by atoms with Gasteiger partial charge in [-0.05, 0) is 27.1 Å². The summed E-state index contributed by atoms with van der Waals surface area (Å²) in [5.74, 6) is -0.668. The van der Waals surface area contributed by atoms with E-state index in [1.165, 1.54) is 11.8 Å². The van der Waals surface area contributed by atoms with Crippen molar-refractivity contribution in [3.63, 3.8) is 0 Å². The van der Waals surface area contributed by atoms with E-state index in [4.69, 9.17) is 14.6 Å². The Balaban J connectivity index is 1.43. The number of nitrogens with one attached hydrogen (secondary N) is 1. The molecule has 1 aromatic heterocycles. The van der Waals surface area contributed by atoms with Gasteiger partial charge >= 0.3 is 5.97 Å². The maximum Gasteiger partial charge on any atom is 0.303 e. The molecule has 0 bridgehead atoms. The van der Waals surface area contributed by atoms with E-state index in [0.717, 1.165) is 22.3 Å². The van der Waals surface area contributed by atoms with Gasteiger partial charge < -0.3 is 25.0 Å². The molecule has 1 amide bonds. The van der Waals surface area contributed by atoms with Crippen molar-refractivity contribution in [1.29, 1.82) is 0 Å². The van der Waals surface area contributed by atoms with E-state index < -0.39 is 12.3 Å². The number of carboxylic acids is 1. The Labute approximate surface area is 218 Å². The lowest BCUT2D eigenvalue weighted by Crippen LogP contribution is -2.31. The molecule has 3 N–H and O–H groups in total. The first-order chi connectivity index (χ1) is 17.9. The zero-order valence-corrected chi connectivity index (χ0v) is 21.1. The van der Waals surface area contributed by atoms with Gasteiger partial charge in [-0.3, -0.25) is 9.59 Å². The number of nitrogens with zero attached hydrogens (tertiary/aromatic N) is 4. The number of aliphatic hydroxyl groups excluding tert-OH is 1. The number of carbonyl (C=O) groups excluding carboxylic acids is 1. The lowest BCUT2D eigenvalue weighted by atomic mass is 10.0. The third kappa shape index (κ3) is 7.59. The number of hydrogen-bond donors (Lipinski definition) is 3. The first-order valence-electron chi connectivity index (χ1n) is 11.8. The van der Waals surface area contributed by atoms with Crippen molar-refractivity contribution in [2.75, 3.05) is 5.75 Å². The summed E-state index contributed by atoms with van der Waals surface area (Å²) in [6.07, 6.45) is -0.537. The molecule has 11 nitrogen and oxygen atoms in total. The SMILES string of the molecule is Cn1nnnc1SC[C@H]1C[C@@H](c2ccc(CO)cc2)O[C@@H](c2ccc(CNC(=O)CCC(=O)O)cc2)O1. The smallest absolute Gasteiger partial charge is 0.303 e.